The number of rotatable bonds is 5. The lowest BCUT2D eigenvalue weighted by molar-refractivity contribution is -0.117. The largest absolute Gasteiger partial charge is 0.497 e. The van der Waals surface area contributed by atoms with Crippen molar-refractivity contribution in [1.82, 2.24) is 4.57 Å². The topological polar surface area (TPSA) is 43.6 Å². The Morgan fingerprint density at radius 3 is 2.76 bits per heavy atom. The van der Waals surface area contributed by atoms with E-state index in [2.05, 4.69) is 11.6 Å². The lowest BCUT2D eigenvalue weighted by Crippen LogP contribution is -2.16. The summed E-state index contributed by atoms with van der Waals surface area (Å²) in [6.07, 6.45) is 2.03. The molecule has 0 bridgehead atoms. The van der Waals surface area contributed by atoms with E-state index in [4.69, 9.17) is 16.3 Å². The molecule has 0 aliphatic carbocycles. The molecule has 3 rings (SSSR count). The van der Waals surface area contributed by atoms with Gasteiger partial charge in [0.05, 0.1) is 23.7 Å². The van der Waals surface area contributed by atoms with Gasteiger partial charge in [-0.2, -0.15) is 4.99 Å². The minimum Gasteiger partial charge on any atom is -0.497 e. The van der Waals surface area contributed by atoms with Crippen LogP contribution in [0.2, 0.25) is 5.02 Å². The smallest absolute Gasteiger partial charge is 0.252 e. The van der Waals surface area contributed by atoms with Gasteiger partial charge < -0.3 is 9.30 Å². The molecule has 1 aromatic heterocycles. The summed E-state index contributed by atoms with van der Waals surface area (Å²) in [6.45, 7) is 4.38. The van der Waals surface area contributed by atoms with Crippen molar-refractivity contribution in [2.24, 2.45) is 4.99 Å². The van der Waals surface area contributed by atoms with Gasteiger partial charge in [-0.15, -0.1) is 6.58 Å². The molecular formula is C19H17ClN2O2S. The van der Waals surface area contributed by atoms with E-state index >= 15 is 0 Å². The van der Waals surface area contributed by atoms with Crippen LogP contribution in [-0.4, -0.2) is 17.6 Å². The molecule has 3 aromatic rings. The van der Waals surface area contributed by atoms with E-state index in [0.29, 0.717) is 16.4 Å². The molecule has 25 heavy (non-hydrogen) atoms. The lowest BCUT2D eigenvalue weighted by Gasteiger charge is -2.02. The Labute approximate surface area is 154 Å². The van der Waals surface area contributed by atoms with Gasteiger partial charge in [0.25, 0.3) is 5.91 Å². The summed E-state index contributed by atoms with van der Waals surface area (Å²) in [5, 5.41) is 0.649. The highest BCUT2D eigenvalue weighted by Crippen LogP contribution is 2.23. The van der Waals surface area contributed by atoms with Crippen LogP contribution in [-0.2, 0) is 17.8 Å². The second-order valence-electron chi connectivity index (χ2n) is 5.43. The normalized spacial score (nSPS) is 11.7. The number of carbonyl (C=O) groups is 1. The second-order valence-corrected chi connectivity index (χ2v) is 6.87. The molecule has 2 aromatic carbocycles. The Balaban J connectivity index is 1.98. The van der Waals surface area contributed by atoms with E-state index < -0.39 is 0 Å². The monoisotopic (exact) mass is 372 g/mol. The van der Waals surface area contributed by atoms with Gasteiger partial charge >= 0.3 is 0 Å². The zero-order valence-corrected chi connectivity index (χ0v) is 15.3. The van der Waals surface area contributed by atoms with Crippen molar-refractivity contribution in [3.8, 4) is 5.75 Å². The minimum absolute atomic E-state index is 0.196. The van der Waals surface area contributed by atoms with Crippen LogP contribution in [0.1, 0.15) is 5.56 Å². The van der Waals surface area contributed by atoms with Crippen LogP contribution >= 0.6 is 22.9 Å². The summed E-state index contributed by atoms with van der Waals surface area (Å²) in [7, 11) is 1.63. The molecule has 1 amide bonds. The maximum Gasteiger partial charge on any atom is 0.252 e. The van der Waals surface area contributed by atoms with Crippen LogP contribution in [0, 0.1) is 0 Å². The Morgan fingerprint density at radius 1 is 1.32 bits per heavy atom. The third-order valence-electron chi connectivity index (χ3n) is 3.69. The molecule has 0 saturated carbocycles. The molecule has 128 valence electrons. The first kappa shape index (κ1) is 17.5. The highest BCUT2D eigenvalue weighted by molar-refractivity contribution is 7.16. The number of ether oxygens (including phenoxy) is 1. The number of aromatic nitrogens is 1. The summed E-state index contributed by atoms with van der Waals surface area (Å²) in [4.78, 5) is 17.3. The Morgan fingerprint density at radius 2 is 2.08 bits per heavy atom. The molecule has 0 saturated heterocycles. The van der Waals surface area contributed by atoms with E-state index in [-0.39, 0.29) is 12.3 Å². The molecule has 0 atom stereocenters. The highest BCUT2D eigenvalue weighted by Gasteiger charge is 2.09. The third-order valence-corrected chi connectivity index (χ3v) is 4.98. The quantitative estimate of drug-likeness (QED) is 0.629. The predicted molar refractivity (Wildman–Crippen MR) is 102 cm³/mol. The third kappa shape index (κ3) is 4.00. The molecule has 0 N–H and O–H groups in total. The van der Waals surface area contributed by atoms with Crippen LogP contribution in [0.15, 0.2) is 60.1 Å². The average Bonchev–Trinajstić information content (AvgIpc) is 2.93. The van der Waals surface area contributed by atoms with Gasteiger partial charge in [0.15, 0.2) is 4.80 Å². The number of halogens is 1. The van der Waals surface area contributed by atoms with Crippen molar-refractivity contribution in [2.45, 2.75) is 13.0 Å². The number of thiazole rings is 1. The number of nitrogens with zero attached hydrogens (tertiary/aromatic N) is 2. The molecule has 6 heteroatoms. The van der Waals surface area contributed by atoms with Crippen LogP contribution < -0.4 is 9.54 Å². The number of hydrogen-bond donors (Lipinski definition) is 0. The maximum atomic E-state index is 12.4. The average molecular weight is 373 g/mol. The second kappa shape index (κ2) is 7.68. The molecule has 1 heterocycles. The number of hydrogen-bond acceptors (Lipinski definition) is 3. The van der Waals surface area contributed by atoms with Gasteiger partial charge in [0, 0.05) is 11.6 Å². The fourth-order valence-electron chi connectivity index (χ4n) is 2.49. The summed E-state index contributed by atoms with van der Waals surface area (Å²) in [5.74, 6) is 0.581. The predicted octanol–water partition coefficient (Wildman–Crippen LogP) is 4.22. The van der Waals surface area contributed by atoms with E-state index in [1.807, 2.05) is 34.9 Å². The van der Waals surface area contributed by atoms with Crippen molar-refractivity contribution in [2.75, 3.05) is 7.11 Å². The molecule has 0 spiro atoms. The van der Waals surface area contributed by atoms with Crippen molar-refractivity contribution in [3.63, 3.8) is 0 Å². The highest BCUT2D eigenvalue weighted by atomic mass is 35.5. The molecule has 4 nitrogen and oxygen atoms in total. The number of amides is 1. The van der Waals surface area contributed by atoms with Gasteiger partial charge in [0.1, 0.15) is 5.75 Å². The first-order valence-corrected chi connectivity index (χ1v) is 8.90. The van der Waals surface area contributed by atoms with Crippen LogP contribution in [0.3, 0.4) is 0 Å². The summed E-state index contributed by atoms with van der Waals surface area (Å²) >= 11 is 7.34. The van der Waals surface area contributed by atoms with Gasteiger partial charge in [-0.05, 0) is 35.9 Å². The van der Waals surface area contributed by atoms with Gasteiger partial charge in [-0.1, -0.05) is 41.1 Å². The van der Waals surface area contributed by atoms with Gasteiger partial charge in [-0.25, -0.2) is 0 Å². The zero-order chi connectivity index (χ0) is 17.8. The van der Waals surface area contributed by atoms with E-state index in [9.17, 15) is 4.79 Å². The standard InChI is InChI=1S/C19H17ClN2O2S/c1-3-10-22-16-9-8-15(24-2)12-17(16)25-19(22)21-18(23)11-13-4-6-14(20)7-5-13/h3-9,12H,1,10-11H2,2H3. The molecule has 0 fully saturated rings. The van der Waals surface area contributed by atoms with E-state index in [1.165, 1.54) is 11.3 Å². The van der Waals surface area contributed by atoms with Crippen LogP contribution in [0.5, 0.6) is 5.75 Å². The lowest BCUT2D eigenvalue weighted by atomic mass is 10.1. The summed E-state index contributed by atoms with van der Waals surface area (Å²) in [6, 6.07) is 13.0. The zero-order valence-electron chi connectivity index (χ0n) is 13.7. The Bertz CT molecular complexity index is 987. The van der Waals surface area contributed by atoms with E-state index in [0.717, 1.165) is 21.5 Å². The van der Waals surface area contributed by atoms with Crippen molar-refractivity contribution < 1.29 is 9.53 Å². The first-order chi connectivity index (χ1) is 12.1. The maximum absolute atomic E-state index is 12.4. The fraction of sp³-hybridized carbons (Fsp3) is 0.158. The number of benzene rings is 2. The molecule has 0 aliphatic rings. The van der Waals surface area contributed by atoms with E-state index in [1.54, 1.807) is 25.3 Å². The number of allylic oxidation sites excluding steroid dienone is 1. The summed E-state index contributed by atoms with van der Waals surface area (Å²) < 4.78 is 8.26. The van der Waals surface area contributed by atoms with Gasteiger partial charge in [0.2, 0.25) is 0 Å². The number of methoxy groups -OCH3 is 1. The number of carbonyl (C=O) groups excluding carboxylic acids is 1. The van der Waals surface area contributed by atoms with Crippen molar-refractivity contribution in [1.29, 1.82) is 0 Å². The summed E-state index contributed by atoms with van der Waals surface area (Å²) in [5.41, 5.74) is 1.89. The first-order valence-electron chi connectivity index (χ1n) is 7.71. The van der Waals surface area contributed by atoms with Gasteiger partial charge in [-0.3, -0.25) is 4.79 Å². The van der Waals surface area contributed by atoms with Crippen LogP contribution in [0.4, 0.5) is 0 Å². The van der Waals surface area contributed by atoms with Crippen molar-refractivity contribution in [3.05, 3.63) is 70.5 Å². The van der Waals surface area contributed by atoms with Crippen LogP contribution in [0.25, 0.3) is 10.2 Å². The van der Waals surface area contributed by atoms with Crippen molar-refractivity contribution >= 4 is 39.1 Å². The Hall–Kier alpha value is -2.37. The Kier molecular flexibility index (Phi) is 5.36. The molecule has 0 unspecified atom stereocenters. The fourth-order valence-corrected chi connectivity index (χ4v) is 3.71. The molecule has 0 radical (unpaired) electrons. The SMILES string of the molecule is C=CCn1c(=NC(=O)Cc2ccc(Cl)cc2)sc2cc(OC)ccc21. The minimum atomic E-state index is -0.196. The number of fused-ring (bicyclic) bond motifs is 1. The molecular weight excluding hydrogens is 356 g/mol. The molecule has 0 aliphatic heterocycles.